The number of rotatable bonds is 6. The maximum absolute atomic E-state index is 9.87. The van der Waals surface area contributed by atoms with Gasteiger partial charge in [0.2, 0.25) is 0 Å². The van der Waals surface area contributed by atoms with Crippen molar-refractivity contribution in [2.75, 3.05) is 27.2 Å². The first-order valence-electron chi connectivity index (χ1n) is 8.35. The fraction of sp³-hybridized carbons (Fsp3) is 0.526. The van der Waals surface area contributed by atoms with Crippen LogP contribution in [0.15, 0.2) is 41.1 Å². The molecule has 0 heterocycles. The Labute approximate surface area is 139 Å². The molecule has 1 aromatic carbocycles. The van der Waals surface area contributed by atoms with Crippen LogP contribution in [0, 0.1) is 5.92 Å². The molecular formula is C19H28N2O2. The van der Waals surface area contributed by atoms with Crippen molar-refractivity contribution in [1.29, 1.82) is 0 Å². The topological polar surface area (TPSA) is 45.1 Å². The quantitative estimate of drug-likeness (QED) is 0.820. The third kappa shape index (κ3) is 5.81. The van der Waals surface area contributed by atoms with Gasteiger partial charge in [-0.2, -0.15) is 0 Å². The summed E-state index contributed by atoms with van der Waals surface area (Å²) in [4.78, 5) is 7.38. The lowest BCUT2D eigenvalue weighted by molar-refractivity contribution is 0.0263. The summed E-state index contributed by atoms with van der Waals surface area (Å²) in [5.74, 6) is 0.393. The van der Waals surface area contributed by atoms with Crippen LogP contribution in [0.3, 0.4) is 0 Å². The zero-order valence-corrected chi connectivity index (χ0v) is 14.4. The minimum Gasteiger partial charge on any atom is -0.393 e. The Morgan fingerprint density at radius 1 is 1.35 bits per heavy atom. The molecule has 1 saturated carbocycles. The summed E-state index contributed by atoms with van der Waals surface area (Å²) in [6.07, 6.45) is 5.03. The Balaban J connectivity index is 2.05. The largest absolute Gasteiger partial charge is 0.393 e. The molecular weight excluding hydrogens is 288 g/mol. The maximum Gasteiger partial charge on any atom is 0.144 e. The lowest BCUT2D eigenvalue weighted by Crippen LogP contribution is -2.29. The molecule has 1 aliphatic carbocycles. The van der Waals surface area contributed by atoms with E-state index in [9.17, 15) is 5.11 Å². The van der Waals surface area contributed by atoms with Gasteiger partial charge in [0.15, 0.2) is 0 Å². The number of hydrogen-bond acceptors (Lipinski definition) is 4. The molecule has 0 bridgehead atoms. The van der Waals surface area contributed by atoms with Gasteiger partial charge >= 0.3 is 0 Å². The van der Waals surface area contributed by atoms with Gasteiger partial charge in [0.25, 0.3) is 0 Å². The lowest BCUT2D eigenvalue weighted by Gasteiger charge is -2.23. The lowest BCUT2D eigenvalue weighted by atomic mass is 9.84. The highest BCUT2D eigenvalue weighted by Gasteiger charge is 2.21. The number of allylic oxidation sites excluding steroid dienone is 1. The Bertz CT molecular complexity index is 538. The van der Waals surface area contributed by atoms with Gasteiger partial charge in [-0.05, 0) is 50.6 Å². The third-order valence-electron chi connectivity index (χ3n) is 4.03. The fourth-order valence-corrected chi connectivity index (χ4v) is 2.89. The molecule has 0 amide bonds. The molecule has 0 aromatic heterocycles. The third-order valence-corrected chi connectivity index (χ3v) is 4.03. The second-order valence-corrected chi connectivity index (χ2v) is 6.56. The van der Waals surface area contributed by atoms with E-state index in [1.165, 1.54) is 17.6 Å². The van der Waals surface area contributed by atoms with Gasteiger partial charge in [-0.15, -0.1) is 0 Å². The number of likely N-dealkylation sites (N-methyl/N-ethyl adjacent to an activating group) is 1. The van der Waals surface area contributed by atoms with Crippen molar-refractivity contribution in [3.8, 4) is 0 Å². The molecule has 1 fully saturated rings. The molecule has 4 nitrogen and oxygen atoms in total. The van der Waals surface area contributed by atoms with Crippen molar-refractivity contribution < 1.29 is 9.94 Å². The zero-order chi connectivity index (χ0) is 16.7. The first-order valence-corrected chi connectivity index (χ1v) is 8.35. The van der Waals surface area contributed by atoms with Crippen molar-refractivity contribution in [2.24, 2.45) is 11.1 Å². The molecule has 1 aromatic rings. The summed E-state index contributed by atoms with van der Waals surface area (Å²) in [6.45, 7) is 3.00. The van der Waals surface area contributed by atoms with Crippen LogP contribution in [-0.2, 0) is 4.84 Å². The van der Waals surface area contributed by atoms with Crippen LogP contribution < -0.4 is 0 Å². The number of aliphatic hydroxyl groups is 1. The molecule has 126 valence electrons. The second kappa shape index (κ2) is 8.85. The second-order valence-electron chi connectivity index (χ2n) is 6.56. The highest BCUT2D eigenvalue weighted by atomic mass is 16.6. The summed E-state index contributed by atoms with van der Waals surface area (Å²) in [7, 11) is 3.86. The number of nitrogens with zero attached hydrogens (tertiary/aromatic N) is 2. The highest BCUT2D eigenvalue weighted by molar-refractivity contribution is 6.05. The van der Waals surface area contributed by atoms with E-state index >= 15 is 0 Å². The van der Waals surface area contributed by atoms with Crippen LogP contribution in [-0.4, -0.2) is 49.1 Å². The Kier molecular flexibility index (Phi) is 6.81. The van der Waals surface area contributed by atoms with Crippen molar-refractivity contribution in [3.05, 3.63) is 41.5 Å². The first kappa shape index (κ1) is 17.7. The van der Waals surface area contributed by atoms with E-state index in [0.29, 0.717) is 12.5 Å². The monoisotopic (exact) mass is 316 g/mol. The smallest absolute Gasteiger partial charge is 0.144 e. The van der Waals surface area contributed by atoms with E-state index in [2.05, 4.69) is 30.3 Å². The number of hydrogen-bond donors (Lipinski definition) is 1. The SMILES string of the molecule is C[C@H]1CCCC(=C\c2ccccc2)/C1=N/OC[C@H](O)CN(C)C. The van der Waals surface area contributed by atoms with Gasteiger partial charge in [0, 0.05) is 12.5 Å². The summed E-state index contributed by atoms with van der Waals surface area (Å²) in [5.41, 5.74) is 3.46. The van der Waals surface area contributed by atoms with Crippen LogP contribution in [0.25, 0.3) is 6.08 Å². The molecule has 0 unspecified atom stereocenters. The standard InChI is InChI=1S/C19H28N2O2/c1-15-8-7-11-17(12-16-9-5-4-6-10-16)19(15)20-23-14-18(22)13-21(2)3/h4-6,9-10,12,15,18,22H,7-8,11,13-14H2,1-3H3/b17-12+,20-19+/t15-,18+/m0/s1. The van der Waals surface area contributed by atoms with Crippen molar-refractivity contribution >= 4 is 11.8 Å². The predicted octanol–water partition coefficient (Wildman–Crippen LogP) is 3.19. The van der Waals surface area contributed by atoms with E-state index in [4.69, 9.17) is 4.84 Å². The Morgan fingerprint density at radius 3 is 2.78 bits per heavy atom. The first-order chi connectivity index (χ1) is 11.1. The van der Waals surface area contributed by atoms with Gasteiger partial charge in [-0.3, -0.25) is 0 Å². The van der Waals surface area contributed by atoms with Crippen molar-refractivity contribution in [2.45, 2.75) is 32.3 Å². The summed E-state index contributed by atoms with van der Waals surface area (Å²) in [5, 5.41) is 14.2. The Morgan fingerprint density at radius 2 is 2.09 bits per heavy atom. The molecule has 0 radical (unpaired) electrons. The average molecular weight is 316 g/mol. The van der Waals surface area contributed by atoms with Gasteiger partial charge in [0.05, 0.1) is 5.71 Å². The fourth-order valence-electron chi connectivity index (χ4n) is 2.89. The predicted molar refractivity (Wildman–Crippen MR) is 95.4 cm³/mol. The molecule has 0 spiro atoms. The van der Waals surface area contributed by atoms with Crippen molar-refractivity contribution in [1.82, 2.24) is 4.90 Å². The minimum atomic E-state index is -0.519. The van der Waals surface area contributed by atoms with Crippen molar-refractivity contribution in [3.63, 3.8) is 0 Å². The van der Waals surface area contributed by atoms with E-state index in [-0.39, 0.29) is 6.61 Å². The number of aliphatic hydroxyl groups excluding tert-OH is 1. The molecule has 2 atom stereocenters. The summed E-state index contributed by atoms with van der Waals surface area (Å²) in [6, 6.07) is 10.3. The molecule has 0 saturated heterocycles. The average Bonchev–Trinajstić information content (AvgIpc) is 2.50. The molecule has 23 heavy (non-hydrogen) atoms. The molecule has 1 aliphatic rings. The highest BCUT2D eigenvalue weighted by Crippen LogP contribution is 2.28. The van der Waals surface area contributed by atoms with Gasteiger partial charge in [-0.1, -0.05) is 42.4 Å². The molecule has 4 heteroatoms. The number of benzene rings is 1. The van der Waals surface area contributed by atoms with Gasteiger partial charge in [0.1, 0.15) is 12.7 Å². The minimum absolute atomic E-state index is 0.229. The molecule has 0 aliphatic heterocycles. The molecule has 1 N–H and O–H groups in total. The number of oxime groups is 1. The van der Waals surface area contributed by atoms with E-state index in [1.54, 1.807) is 0 Å². The van der Waals surface area contributed by atoms with Crippen LogP contribution in [0.1, 0.15) is 31.7 Å². The van der Waals surface area contributed by atoms with E-state index in [1.807, 2.05) is 37.2 Å². The van der Waals surface area contributed by atoms with Gasteiger partial charge < -0.3 is 14.8 Å². The summed E-state index contributed by atoms with van der Waals surface area (Å²) < 4.78 is 0. The van der Waals surface area contributed by atoms with Crippen LogP contribution >= 0.6 is 0 Å². The van der Waals surface area contributed by atoms with Crippen LogP contribution in [0.5, 0.6) is 0 Å². The van der Waals surface area contributed by atoms with Gasteiger partial charge in [-0.25, -0.2) is 0 Å². The normalized spacial score (nSPS) is 23.4. The molecule has 2 rings (SSSR count). The Hall–Kier alpha value is -1.65. The van der Waals surface area contributed by atoms with E-state index in [0.717, 1.165) is 18.6 Å². The van der Waals surface area contributed by atoms with Crippen LogP contribution in [0.2, 0.25) is 0 Å². The van der Waals surface area contributed by atoms with E-state index < -0.39 is 6.10 Å². The maximum atomic E-state index is 9.87. The summed E-state index contributed by atoms with van der Waals surface area (Å²) >= 11 is 0. The van der Waals surface area contributed by atoms with Crippen LogP contribution in [0.4, 0.5) is 0 Å². The zero-order valence-electron chi connectivity index (χ0n) is 14.4.